The van der Waals surface area contributed by atoms with E-state index in [2.05, 4.69) is 5.32 Å². The zero-order valence-corrected chi connectivity index (χ0v) is 5.76. The Balaban J connectivity index is 2.38. The fourth-order valence-corrected chi connectivity index (χ4v) is 1.09. The van der Waals surface area contributed by atoms with Crippen molar-refractivity contribution in [3.8, 4) is 0 Å². The summed E-state index contributed by atoms with van der Waals surface area (Å²) < 4.78 is 0. The van der Waals surface area contributed by atoms with Gasteiger partial charge in [-0.15, -0.1) is 0 Å². The van der Waals surface area contributed by atoms with E-state index in [0.29, 0.717) is 0 Å². The summed E-state index contributed by atoms with van der Waals surface area (Å²) in [6.45, 7) is 0. The molecule has 0 saturated heterocycles. The minimum absolute atomic E-state index is 0.860. The molecular weight excluding hydrogens is 130 g/mol. The van der Waals surface area contributed by atoms with Crippen molar-refractivity contribution in [3.05, 3.63) is 11.8 Å². The van der Waals surface area contributed by atoms with Crippen molar-refractivity contribution in [1.82, 2.24) is 5.32 Å². The van der Waals surface area contributed by atoms with Crippen LogP contribution in [0.1, 0.15) is 25.7 Å². The predicted octanol–water partition coefficient (Wildman–Crippen LogP) is 1.71. The lowest BCUT2D eigenvalue weighted by atomic mass is 10.1. The number of carbonyl (C=O) groups is 1. The van der Waals surface area contributed by atoms with Gasteiger partial charge in [0.05, 0.1) is 0 Å². The summed E-state index contributed by atoms with van der Waals surface area (Å²) in [5.41, 5.74) is 0.860. The number of rotatable bonds is 1. The van der Waals surface area contributed by atoms with Gasteiger partial charge in [-0.25, -0.2) is 4.79 Å². The van der Waals surface area contributed by atoms with Crippen molar-refractivity contribution in [2.75, 3.05) is 0 Å². The van der Waals surface area contributed by atoms with Gasteiger partial charge >= 0.3 is 6.09 Å². The lowest BCUT2D eigenvalue weighted by Gasteiger charge is -2.10. The molecule has 1 aliphatic rings. The van der Waals surface area contributed by atoms with Crippen LogP contribution in [0.3, 0.4) is 0 Å². The van der Waals surface area contributed by atoms with E-state index in [9.17, 15) is 4.79 Å². The lowest BCUT2D eigenvalue weighted by molar-refractivity contribution is 0.197. The van der Waals surface area contributed by atoms with Crippen molar-refractivity contribution in [1.29, 1.82) is 0 Å². The van der Waals surface area contributed by atoms with Crippen LogP contribution in [0, 0.1) is 0 Å². The first-order chi connectivity index (χ1) is 4.79. The molecule has 0 atom stereocenters. The van der Waals surface area contributed by atoms with Gasteiger partial charge in [0.2, 0.25) is 0 Å². The van der Waals surface area contributed by atoms with Crippen LogP contribution in [0.15, 0.2) is 11.8 Å². The molecule has 0 aromatic heterocycles. The van der Waals surface area contributed by atoms with Crippen LogP contribution in [-0.4, -0.2) is 11.2 Å². The van der Waals surface area contributed by atoms with Crippen LogP contribution in [0.5, 0.6) is 0 Å². The Morgan fingerprint density at radius 2 is 2.40 bits per heavy atom. The van der Waals surface area contributed by atoms with Gasteiger partial charge in [-0.05, 0) is 25.7 Å². The number of amides is 1. The molecule has 1 aliphatic carbocycles. The van der Waals surface area contributed by atoms with Gasteiger partial charge in [0.25, 0.3) is 0 Å². The third-order valence-electron chi connectivity index (χ3n) is 1.56. The molecule has 56 valence electrons. The van der Waals surface area contributed by atoms with Crippen LogP contribution in [0.4, 0.5) is 4.79 Å². The molecule has 0 aromatic carbocycles. The fourth-order valence-electron chi connectivity index (χ4n) is 1.09. The lowest BCUT2D eigenvalue weighted by Crippen LogP contribution is -2.21. The van der Waals surface area contributed by atoms with Crippen molar-refractivity contribution in [2.24, 2.45) is 0 Å². The predicted molar refractivity (Wildman–Crippen MR) is 37.7 cm³/mol. The second-order valence-corrected chi connectivity index (χ2v) is 2.41. The summed E-state index contributed by atoms with van der Waals surface area (Å²) >= 11 is 0. The van der Waals surface area contributed by atoms with Crippen LogP contribution in [0.25, 0.3) is 0 Å². The monoisotopic (exact) mass is 141 g/mol. The zero-order chi connectivity index (χ0) is 7.40. The molecule has 0 saturated carbocycles. The summed E-state index contributed by atoms with van der Waals surface area (Å²) in [5, 5.41) is 10.7. The van der Waals surface area contributed by atoms with Crippen LogP contribution in [-0.2, 0) is 0 Å². The van der Waals surface area contributed by atoms with E-state index in [0.717, 1.165) is 25.0 Å². The van der Waals surface area contributed by atoms with E-state index >= 15 is 0 Å². The van der Waals surface area contributed by atoms with Gasteiger partial charge in [-0.2, -0.15) is 0 Å². The first kappa shape index (κ1) is 7.12. The van der Waals surface area contributed by atoms with Gasteiger partial charge in [0.15, 0.2) is 0 Å². The molecular formula is C7H11NO2. The maximum atomic E-state index is 10.1. The fraction of sp³-hybridized carbons (Fsp3) is 0.571. The number of allylic oxidation sites excluding steroid dienone is 2. The SMILES string of the molecule is O=C(O)NC1=CCCCC1. The molecule has 0 bridgehead atoms. The summed E-state index contributed by atoms with van der Waals surface area (Å²) in [7, 11) is 0. The molecule has 2 N–H and O–H groups in total. The minimum atomic E-state index is -0.951. The van der Waals surface area contributed by atoms with E-state index in [1.165, 1.54) is 6.42 Å². The first-order valence-electron chi connectivity index (χ1n) is 3.48. The normalized spacial score (nSPS) is 17.8. The molecule has 0 aliphatic heterocycles. The number of hydrogen-bond donors (Lipinski definition) is 2. The molecule has 0 aromatic rings. The second-order valence-electron chi connectivity index (χ2n) is 2.41. The minimum Gasteiger partial charge on any atom is -0.465 e. The molecule has 0 spiro atoms. The molecule has 0 heterocycles. The molecule has 1 amide bonds. The number of carboxylic acid groups (broad SMARTS) is 1. The topological polar surface area (TPSA) is 49.3 Å². The van der Waals surface area contributed by atoms with Crippen molar-refractivity contribution < 1.29 is 9.90 Å². The third-order valence-corrected chi connectivity index (χ3v) is 1.56. The smallest absolute Gasteiger partial charge is 0.408 e. The van der Waals surface area contributed by atoms with Gasteiger partial charge < -0.3 is 5.11 Å². The number of hydrogen-bond acceptors (Lipinski definition) is 1. The van der Waals surface area contributed by atoms with E-state index in [1.54, 1.807) is 0 Å². The molecule has 1 rings (SSSR count). The Morgan fingerprint density at radius 1 is 1.60 bits per heavy atom. The first-order valence-corrected chi connectivity index (χ1v) is 3.48. The summed E-state index contributed by atoms with van der Waals surface area (Å²) in [5.74, 6) is 0. The standard InChI is InChI=1S/C7H11NO2/c9-7(10)8-6-4-2-1-3-5-6/h4,8H,1-3,5H2,(H,9,10). The highest BCUT2D eigenvalue weighted by atomic mass is 16.4. The molecule has 0 radical (unpaired) electrons. The van der Waals surface area contributed by atoms with E-state index < -0.39 is 6.09 Å². The highest BCUT2D eigenvalue weighted by Crippen LogP contribution is 2.14. The maximum Gasteiger partial charge on any atom is 0.408 e. The summed E-state index contributed by atoms with van der Waals surface area (Å²) in [4.78, 5) is 10.1. The molecule has 0 fully saturated rings. The largest absolute Gasteiger partial charge is 0.465 e. The highest BCUT2D eigenvalue weighted by molar-refractivity contribution is 5.66. The Labute approximate surface area is 59.7 Å². The Morgan fingerprint density at radius 3 is 2.90 bits per heavy atom. The van der Waals surface area contributed by atoms with Crippen molar-refractivity contribution in [3.63, 3.8) is 0 Å². The van der Waals surface area contributed by atoms with Gasteiger partial charge in [0.1, 0.15) is 0 Å². The number of nitrogens with one attached hydrogen (secondary N) is 1. The highest BCUT2D eigenvalue weighted by Gasteiger charge is 2.04. The average molecular weight is 141 g/mol. The molecule has 0 unspecified atom stereocenters. The van der Waals surface area contributed by atoms with E-state index in [1.807, 2.05) is 6.08 Å². The van der Waals surface area contributed by atoms with Gasteiger partial charge in [-0.3, -0.25) is 5.32 Å². The van der Waals surface area contributed by atoms with E-state index in [4.69, 9.17) is 5.11 Å². The Bertz CT molecular complexity index is 163. The Hall–Kier alpha value is -0.990. The summed E-state index contributed by atoms with van der Waals surface area (Å²) in [6, 6.07) is 0. The van der Waals surface area contributed by atoms with Crippen LogP contribution in [0.2, 0.25) is 0 Å². The van der Waals surface area contributed by atoms with Gasteiger partial charge in [0, 0.05) is 5.70 Å². The Kier molecular flexibility index (Phi) is 2.31. The van der Waals surface area contributed by atoms with Crippen molar-refractivity contribution >= 4 is 6.09 Å². The third kappa shape index (κ3) is 2.09. The molecule has 3 heteroatoms. The van der Waals surface area contributed by atoms with Crippen LogP contribution >= 0.6 is 0 Å². The average Bonchev–Trinajstić information content (AvgIpc) is 1.88. The maximum absolute atomic E-state index is 10.1. The van der Waals surface area contributed by atoms with E-state index in [-0.39, 0.29) is 0 Å². The summed E-state index contributed by atoms with van der Waals surface area (Å²) in [6.07, 6.45) is 5.18. The molecule has 10 heavy (non-hydrogen) atoms. The quantitative estimate of drug-likeness (QED) is 0.584. The van der Waals surface area contributed by atoms with Gasteiger partial charge in [-0.1, -0.05) is 6.08 Å². The zero-order valence-electron chi connectivity index (χ0n) is 5.76. The molecule has 3 nitrogen and oxygen atoms in total. The van der Waals surface area contributed by atoms with Crippen molar-refractivity contribution in [2.45, 2.75) is 25.7 Å². The van der Waals surface area contributed by atoms with Crippen LogP contribution < -0.4 is 5.32 Å². The second kappa shape index (κ2) is 3.25.